The first-order valence-corrected chi connectivity index (χ1v) is 8.18. The lowest BCUT2D eigenvalue weighted by molar-refractivity contribution is 0.0885. The van der Waals surface area contributed by atoms with Crippen molar-refractivity contribution in [2.75, 3.05) is 0 Å². The van der Waals surface area contributed by atoms with Crippen molar-refractivity contribution in [1.29, 1.82) is 0 Å². The summed E-state index contributed by atoms with van der Waals surface area (Å²) >= 11 is 0. The van der Waals surface area contributed by atoms with Crippen molar-refractivity contribution < 1.29 is 0 Å². The fraction of sp³-hybridized carbons (Fsp3) is 1.00. The van der Waals surface area contributed by atoms with Crippen molar-refractivity contribution in [3.05, 3.63) is 0 Å². The van der Waals surface area contributed by atoms with Gasteiger partial charge in [-0.15, -0.1) is 0 Å². The first-order valence-electron chi connectivity index (χ1n) is 8.18. The monoisotopic (exact) mass is 249 g/mol. The molecule has 3 unspecified atom stereocenters. The Morgan fingerprint density at radius 1 is 1.06 bits per heavy atom. The summed E-state index contributed by atoms with van der Waals surface area (Å²) < 4.78 is 0. The normalized spacial score (nSPS) is 50.7. The van der Waals surface area contributed by atoms with Gasteiger partial charge in [0.05, 0.1) is 0 Å². The van der Waals surface area contributed by atoms with Crippen LogP contribution in [0.1, 0.15) is 72.6 Å². The lowest BCUT2D eigenvalue weighted by Crippen LogP contribution is -2.54. The molecule has 0 radical (unpaired) electrons. The van der Waals surface area contributed by atoms with E-state index in [1.165, 1.54) is 44.9 Å². The van der Waals surface area contributed by atoms with Gasteiger partial charge in [-0.25, -0.2) is 0 Å². The summed E-state index contributed by atoms with van der Waals surface area (Å²) in [4.78, 5) is 0. The molecule has 3 rings (SSSR count). The third-order valence-corrected chi connectivity index (χ3v) is 6.61. The summed E-state index contributed by atoms with van der Waals surface area (Å²) in [6.45, 7) is 10.0. The van der Waals surface area contributed by atoms with E-state index in [2.05, 4.69) is 33.0 Å². The minimum Gasteiger partial charge on any atom is -0.310 e. The van der Waals surface area contributed by atoms with Crippen LogP contribution >= 0.6 is 0 Å². The molecule has 3 fully saturated rings. The van der Waals surface area contributed by atoms with Crippen molar-refractivity contribution in [3.8, 4) is 0 Å². The fourth-order valence-electron chi connectivity index (χ4n) is 5.54. The van der Waals surface area contributed by atoms with E-state index in [9.17, 15) is 0 Å². The van der Waals surface area contributed by atoms with Gasteiger partial charge in [0.25, 0.3) is 0 Å². The number of hydrogen-bond donors (Lipinski definition) is 1. The predicted molar refractivity (Wildman–Crippen MR) is 77.6 cm³/mol. The molecule has 1 N–H and O–H groups in total. The second kappa shape index (κ2) is 4.23. The zero-order chi connectivity index (χ0) is 13.0. The van der Waals surface area contributed by atoms with Gasteiger partial charge >= 0.3 is 0 Å². The van der Waals surface area contributed by atoms with Crippen molar-refractivity contribution in [1.82, 2.24) is 5.32 Å². The maximum atomic E-state index is 4.11. The molecule has 0 saturated heterocycles. The fourth-order valence-corrected chi connectivity index (χ4v) is 5.54. The SMILES string of the molecule is CC1CCCC(NC2C(C)(C)[C@H]3CC[C@]2(C)C3)C1. The van der Waals surface area contributed by atoms with E-state index < -0.39 is 0 Å². The standard InChI is InChI=1S/C17H31N/c1-12-6-5-7-14(10-12)18-15-16(2,3)13-8-9-17(15,4)11-13/h12-15,18H,5-11H2,1-4H3/t12?,13-,14?,15?,17+/m0/s1. The molecule has 1 nitrogen and oxygen atoms in total. The van der Waals surface area contributed by atoms with E-state index >= 15 is 0 Å². The molecule has 2 bridgehead atoms. The third kappa shape index (κ3) is 1.94. The average molecular weight is 249 g/mol. The van der Waals surface area contributed by atoms with Crippen LogP contribution in [0.3, 0.4) is 0 Å². The van der Waals surface area contributed by atoms with Crippen LogP contribution < -0.4 is 5.32 Å². The van der Waals surface area contributed by atoms with Crippen LogP contribution in [0.2, 0.25) is 0 Å². The molecule has 0 spiro atoms. The van der Waals surface area contributed by atoms with Gasteiger partial charge in [-0.3, -0.25) is 0 Å². The highest BCUT2D eigenvalue weighted by Crippen LogP contribution is 2.62. The van der Waals surface area contributed by atoms with E-state index in [1.807, 2.05) is 0 Å². The van der Waals surface area contributed by atoms with Gasteiger partial charge in [-0.05, 0) is 54.8 Å². The summed E-state index contributed by atoms with van der Waals surface area (Å²) in [6, 6.07) is 1.56. The average Bonchev–Trinajstić information content (AvgIpc) is 2.76. The molecular formula is C17H31N. The van der Waals surface area contributed by atoms with Crippen molar-refractivity contribution in [2.24, 2.45) is 22.7 Å². The molecule has 5 atom stereocenters. The zero-order valence-corrected chi connectivity index (χ0v) is 12.8. The van der Waals surface area contributed by atoms with Gasteiger partial charge < -0.3 is 5.32 Å². The molecule has 3 aliphatic carbocycles. The van der Waals surface area contributed by atoms with Gasteiger partial charge in [0, 0.05) is 12.1 Å². The van der Waals surface area contributed by atoms with E-state index in [1.54, 1.807) is 0 Å². The minimum atomic E-state index is 0.522. The number of rotatable bonds is 2. The van der Waals surface area contributed by atoms with Crippen molar-refractivity contribution in [2.45, 2.75) is 84.7 Å². The van der Waals surface area contributed by atoms with Crippen LogP contribution in [0.4, 0.5) is 0 Å². The summed E-state index contributed by atoms with van der Waals surface area (Å²) in [5, 5.41) is 4.11. The predicted octanol–water partition coefficient (Wildman–Crippen LogP) is 4.37. The second-order valence-electron chi connectivity index (χ2n) is 8.48. The molecule has 0 aromatic rings. The Morgan fingerprint density at radius 2 is 1.83 bits per heavy atom. The van der Waals surface area contributed by atoms with Crippen LogP contribution in [0.15, 0.2) is 0 Å². The smallest absolute Gasteiger partial charge is 0.0177 e. The quantitative estimate of drug-likeness (QED) is 0.766. The largest absolute Gasteiger partial charge is 0.310 e. The maximum Gasteiger partial charge on any atom is 0.0177 e. The number of hydrogen-bond acceptors (Lipinski definition) is 1. The topological polar surface area (TPSA) is 12.0 Å². The zero-order valence-electron chi connectivity index (χ0n) is 12.8. The van der Waals surface area contributed by atoms with Crippen molar-refractivity contribution in [3.63, 3.8) is 0 Å². The summed E-state index contributed by atoms with van der Waals surface area (Å²) in [6.07, 6.45) is 10.1. The van der Waals surface area contributed by atoms with E-state index in [0.717, 1.165) is 23.9 Å². The molecule has 0 amide bonds. The Balaban J connectivity index is 1.71. The Bertz CT molecular complexity index is 317. The molecular weight excluding hydrogens is 218 g/mol. The Morgan fingerprint density at radius 3 is 2.44 bits per heavy atom. The van der Waals surface area contributed by atoms with Crippen molar-refractivity contribution >= 4 is 0 Å². The van der Waals surface area contributed by atoms with Crippen LogP contribution in [-0.2, 0) is 0 Å². The highest BCUT2D eigenvalue weighted by Gasteiger charge is 2.59. The molecule has 3 saturated carbocycles. The van der Waals surface area contributed by atoms with Gasteiger partial charge in [0.1, 0.15) is 0 Å². The van der Waals surface area contributed by atoms with Crippen LogP contribution in [-0.4, -0.2) is 12.1 Å². The lowest BCUT2D eigenvalue weighted by Gasteiger charge is -2.46. The minimum absolute atomic E-state index is 0.522. The Labute approximate surface area is 113 Å². The van der Waals surface area contributed by atoms with Crippen LogP contribution in [0.25, 0.3) is 0 Å². The molecule has 18 heavy (non-hydrogen) atoms. The number of nitrogens with one attached hydrogen (secondary N) is 1. The van der Waals surface area contributed by atoms with E-state index in [0.29, 0.717) is 10.8 Å². The summed E-state index contributed by atoms with van der Waals surface area (Å²) in [5.74, 6) is 1.91. The molecule has 104 valence electrons. The molecule has 1 heteroatoms. The highest BCUT2D eigenvalue weighted by molar-refractivity contribution is 5.12. The lowest BCUT2D eigenvalue weighted by atomic mass is 9.68. The second-order valence-corrected chi connectivity index (χ2v) is 8.48. The van der Waals surface area contributed by atoms with Gasteiger partial charge in [0.15, 0.2) is 0 Å². The van der Waals surface area contributed by atoms with Crippen LogP contribution in [0.5, 0.6) is 0 Å². The third-order valence-electron chi connectivity index (χ3n) is 6.61. The molecule has 0 heterocycles. The van der Waals surface area contributed by atoms with Gasteiger partial charge in [-0.2, -0.15) is 0 Å². The molecule has 0 aromatic carbocycles. The van der Waals surface area contributed by atoms with E-state index in [-0.39, 0.29) is 0 Å². The highest BCUT2D eigenvalue weighted by atomic mass is 15.0. The molecule has 0 aliphatic heterocycles. The summed E-state index contributed by atoms with van der Waals surface area (Å²) in [7, 11) is 0. The Hall–Kier alpha value is -0.0400. The van der Waals surface area contributed by atoms with Gasteiger partial charge in [-0.1, -0.05) is 40.5 Å². The maximum absolute atomic E-state index is 4.11. The van der Waals surface area contributed by atoms with Gasteiger partial charge in [0.2, 0.25) is 0 Å². The first-order chi connectivity index (χ1) is 8.42. The summed E-state index contributed by atoms with van der Waals surface area (Å²) in [5.41, 5.74) is 1.11. The van der Waals surface area contributed by atoms with Crippen LogP contribution in [0, 0.1) is 22.7 Å². The Kier molecular flexibility index (Phi) is 3.05. The molecule has 0 aromatic heterocycles. The first kappa shape index (κ1) is 13.0. The number of fused-ring (bicyclic) bond motifs is 2. The molecule has 3 aliphatic rings. The van der Waals surface area contributed by atoms with E-state index in [4.69, 9.17) is 0 Å².